The maximum atomic E-state index is 12.2. The predicted octanol–water partition coefficient (Wildman–Crippen LogP) is 1.46. The van der Waals surface area contributed by atoms with Gasteiger partial charge in [0.2, 0.25) is 10.0 Å². The van der Waals surface area contributed by atoms with E-state index in [1.54, 1.807) is 19.9 Å². The summed E-state index contributed by atoms with van der Waals surface area (Å²) in [5.74, 6) is -0.312. The topological polar surface area (TPSA) is 92.7 Å². The van der Waals surface area contributed by atoms with Crippen molar-refractivity contribution in [2.24, 2.45) is 0 Å². The molecule has 0 aromatic heterocycles. The molecule has 0 radical (unpaired) electrons. The first-order valence-corrected chi connectivity index (χ1v) is 7.63. The smallest absolute Gasteiger partial charge is 0.303 e. The van der Waals surface area contributed by atoms with Gasteiger partial charge in [0.15, 0.2) is 0 Å². The molecule has 112 valence electrons. The molecular formula is C13H19NO5S. The minimum absolute atomic E-state index is 0.0663. The number of methoxy groups -OCH3 is 1. The number of carboxylic acid groups (broad SMARTS) is 1. The molecule has 0 unspecified atom stereocenters. The minimum Gasteiger partial charge on any atom is -0.496 e. The lowest BCUT2D eigenvalue weighted by Gasteiger charge is -2.13. The summed E-state index contributed by atoms with van der Waals surface area (Å²) in [6, 6.07) is 3.09. The average Bonchev–Trinajstić information content (AvgIpc) is 2.37. The van der Waals surface area contributed by atoms with Crippen LogP contribution >= 0.6 is 0 Å². The Bertz CT molecular complexity index is 595. The van der Waals surface area contributed by atoms with Gasteiger partial charge < -0.3 is 9.84 Å². The van der Waals surface area contributed by atoms with Crippen molar-refractivity contribution < 1.29 is 23.1 Å². The van der Waals surface area contributed by atoms with Gasteiger partial charge in [-0.25, -0.2) is 13.1 Å². The summed E-state index contributed by atoms with van der Waals surface area (Å²) >= 11 is 0. The fraction of sp³-hybridized carbons (Fsp3) is 0.462. The number of benzene rings is 1. The largest absolute Gasteiger partial charge is 0.496 e. The molecule has 0 aliphatic heterocycles. The van der Waals surface area contributed by atoms with Gasteiger partial charge in [-0.3, -0.25) is 4.79 Å². The monoisotopic (exact) mass is 301 g/mol. The summed E-state index contributed by atoms with van der Waals surface area (Å²) in [4.78, 5) is 10.6. The third-order valence-corrected chi connectivity index (χ3v) is 4.66. The molecule has 6 nitrogen and oxygen atoms in total. The second-order valence-corrected chi connectivity index (χ2v) is 6.15. The molecule has 0 fully saturated rings. The highest BCUT2D eigenvalue weighted by Gasteiger charge is 2.19. The summed E-state index contributed by atoms with van der Waals surface area (Å²) in [6.07, 6.45) is 0.186. The second-order valence-electron chi connectivity index (χ2n) is 4.41. The summed E-state index contributed by atoms with van der Waals surface area (Å²) in [5, 5.41) is 8.51. The van der Waals surface area contributed by atoms with Crippen LogP contribution in [0, 0.1) is 13.8 Å². The first-order valence-electron chi connectivity index (χ1n) is 6.15. The van der Waals surface area contributed by atoms with Crippen LogP contribution in [-0.2, 0) is 14.8 Å². The van der Waals surface area contributed by atoms with Crippen LogP contribution in [0.2, 0.25) is 0 Å². The number of sulfonamides is 1. The Morgan fingerprint density at radius 1 is 1.30 bits per heavy atom. The van der Waals surface area contributed by atoms with Gasteiger partial charge in [-0.05, 0) is 43.5 Å². The maximum Gasteiger partial charge on any atom is 0.303 e. The Morgan fingerprint density at radius 3 is 2.50 bits per heavy atom. The molecule has 2 N–H and O–H groups in total. The summed E-state index contributed by atoms with van der Waals surface area (Å²) in [7, 11) is -2.11. The number of hydrogen-bond acceptors (Lipinski definition) is 4. The molecule has 0 aliphatic rings. The molecule has 0 saturated carbocycles. The van der Waals surface area contributed by atoms with Gasteiger partial charge in [0, 0.05) is 13.0 Å². The molecule has 0 bridgehead atoms. The number of nitrogens with one attached hydrogen (secondary N) is 1. The van der Waals surface area contributed by atoms with Crippen LogP contribution < -0.4 is 9.46 Å². The van der Waals surface area contributed by atoms with E-state index in [1.165, 1.54) is 13.2 Å². The Kier molecular flexibility index (Phi) is 5.52. The molecule has 1 aromatic carbocycles. The Labute approximate surface area is 118 Å². The van der Waals surface area contributed by atoms with Crippen molar-refractivity contribution in [1.82, 2.24) is 4.72 Å². The molecule has 0 saturated heterocycles. The normalized spacial score (nSPS) is 11.3. The lowest BCUT2D eigenvalue weighted by molar-refractivity contribution is -0.137. The zero-order chi connectivity index (χ0) is 15.3. The maximum absolute atomic E-state index is 12.2. The summed E-state index contributed by atoms with van der Waals surface area (Å²) in [6.45, 7) is 3.60. The first kappa shape index (κ1) is 16.5. The number of aliphatic carboxylic acids is 1. The number of carboxylic acids is 1. The molecule has 20 heavy (non-hydrogen) atoms. The van der Waals surface area contributed by atoms with Gasteiger partial charge in [0.1, 0.15) is 5.75 Å². The molecule has 0 atom stereocenters. The van der Waals surface area contributed by atoms with Crippen LogP contribution in [0.1, 0.15) is 24.0 Å². The lowest BCUT2D eigenvalue weighted by Crippen LogP contribution is -2.26. The van der Waals surface area contributed by atoms with Gasteiger partial charge in [0.05, 0.1) is 12.0 Å². The standard InChI is InChI=1S/C13H19NO5S/c1-9-10(2)12(7-6-11(9)19-3)20(17,18)14-8-4-5-13(15)16/h6-7,14H,4-5,8H2,1-3H3,(H,15,16). The van der Waals surface area contributed by atoms with Crippen LogP contribution in [0.5, 0.6) is 5.75 Å². The van der Waals surface area contributed by atoms with Gasteiger partial charge in [0.25, 0.3) is 0 Å². The van der Waals surface area contributed by atoms with Gasteiger partial charge in [-0.2, -0.15) is 0 Å². The Balaban J connectivity index is 2.88. The second kappa shape index (κ2) is 6.71. The number of rotatable bonds is 7. The molecule has 7 heteroatoms. The van der Waals surface area contributed by atoms with E-state index >= 15 is 0 Å². The highest BCUT2D eigenvalue weighted by Crippen LogP contribution is 2.26. The van der Waals surface area contributed by atoms with Crippen molar-refractivity contribution in [3.8, 4) is 5.75 Å². The Hall–Kier alpha value is -1.60. The highest BCUT2D eigenvalue weighted by atomic mass is 32.2. The molecule has 0 amide bonds. The van der Waals surface area contributed by atoms with E-state index in [-0.39, 0.29) is 24.3 Å². The van der Waals surface area contributed by atoms with E-state index in [9.17, 15) is 13.2 Å². The molecule has 1 aromatic rings. The summed E-state index contributed by atoms with van der Waals surface area (Å²) in [5.41, 5.74) is 1.39. The SMILES string of the molecule is COc1ccc(S(=O)(=O)NCCCC(=O)O)c(C)c1C. The van der Waals surface area contributed by atoms with Crippen LogP contribution in [0.3, 0.4) is 0 Å². The molecular weight excluding hydrogens is 282 g/mol. The molecule has 1 rings (SSSR count). The quantitative estimate of drug-likeness (QED) is 0.744. The van der Waals surface area contributed by atoms with Gasteiger partial charge in [-0.15, -0.1) is 0 Å². The van der Waals surface area contributed by atoms with E-state index in [0.29, 0.717) is 11.3 Å². The third kappa shape index (κ3) is 3.94. The summed E-state index contributed by atoms with van der Waals surface area (Å²) < 4.78 is 31.8. The van der Waals surface area contributed by atoms with Crippen LogP contribution in [-0.4, -0.2) is 33.1 Å². The first-order chi connectivity index (χ1) is 9.29. The predicted molar refractivity (Wildman–Crippen MR) is 74.5 cm³/mol. The van der Waals surface area contributed by atoms with E-state index < -0.39 is 16.0 Å². The fourth-order valence-corrected chi connectivity index (χ4v) is 3.18. The van der Waals surface area contributed by atoms with Crippen molar-refractivity contribution in [3.63, 3.8) is 0 Å². The zero-order valence-corrected chi connectivity index (χ0v) is 12.6. The third-order valence-electron chi connectivity index (χ3n) is 3.06. The lowest BCUT2D eigenvalue weighted by atomic mass is 10.1. The van der Waals surface area contributed by atoms with E-state index in [2.05, 4.69) is 4.72 Å². The number of hydrogen-bond donors (Lipinski definition) is 2. The molecule has 0 spiro atoms. The molecule has 0 aliphatic carbocycles. The van der Waals surface area contributed by atoms with Crippen molar-refractivity contribution in [2.75, 3.05) is 13.7 Å². The van der Waals surface area contributed by atoms with E-state index in [1.807, 2.05) is 0 Å². The van der Waals surface area contributed by atoms with Crippen molar-refractivity contribution in [1.29, 1.82) is 0 Å². The minimum atomic E-state index is -3.63. The van der Waals surface area contributed by atoms with Gasteiger partial charge >= 0.3 is 5.97 Å². The van der Waals surface area contributed by atoms with Crippen molar-refractivity contribution in [3.05, 3.63) is 23.3 Å². The average molecular weight is 301 g/mol. The zero-order valence-electron chi connectivity index (χ0n) is 11.8. The Morgan fingerprint density at radius 2 is 1.95 bits per heavy atom. The van der Waals surface area contributed by atoms with Crippen LogP contribution in [0.4, 0.5) is 0 Å². The van der Waals surface area contributed by atoms with Crippen molar-refractivity contribution >= 4 is 16.0 Å². The van der Waals surface area contributed by atoms with Crippen LogP contribution in [0.15, 0.2) is 17.0 Å². The number of carbonyl (C=O) groups is 1. The van der Waals surface area contributed by atoms with E-state index in [0.717, 1.165) is 5.56 Å². The molecule has 0 heterocycles. The van der Waals surface area contributed by atoms with Crippen molar-refractivity contribution in [2.45, 2.75) is 31.6 Å². The highest BCUT2D eigenvalue weighted by molar-refractivity contribution is 7.89. The fourth-order valence-electron chi connectivity index (χ4n) is 1.81. The van der Waals surface area contributed by atoms with Gasteiger partial charge in [-0.1, -0.05) is 0 Å². The van der Waals surface area contributed by atoms with E-state index in [4.69, 9.17) is 9.84 Å². The number of ether oxygens (including phenoxy) is 1. The van der Waals surface area contributed by atoms with Crippen LogP contribution in [0.25, 0.3) is 0 Å².